The molecular weight excluding hydrogens is 176 g/mol. The van der Waals surface area contributed by atoms with Gasteiger partial charge in [0.25, 0.3) is 0 Å². The minimum absolute atomic E-state index is 0.0726. The zero-order valence-corrected chi connectivity index (χ0v) is 9.43. The van der Waals surface area contributed by atoms with Crippen LogP contribution in [0.15, 0.2) is 12.2 Å². The highest BCUT2D eigenvalue weighted by Gasteiger charge is 2.39. The Labute approximate surface area is 86.3 Å². The maximum Gasteiger partial charge on any atom is 0.306 e. The lowest BCUT2D eigenvalue weighted by Crippen LogP contribution is -2.25. The number of carbonyl (C=O) groups is 1. The fourth-order valence-corrected chi connectivity index (χ4v) is 2.16. The van der Waals surface area contributed by atoms with Crippen molar-refractivity contribution in [2.24, 2.45) is 11.3 Å². The van der Waals surface area contributed by atoms with E-state index in [9.17, 15) is 4.79 Å². The third-order valence-electron chi connectivity index (χ3n) is 3.53. The van der Waals surface area contributed by atoms with E-state index in [-0.39, 0.29) is 11.4 Å². The van der Waals surface area contributed by atoms with Crippen molar-refractivity contribution >= 4 is 5.97 Å². The van der Waals surface area contributed by atoms with Crippen LogP contribution in [-0.2, 0) is 9.53 Å². The molecule has 0 spiro atoms. The van der Waals surface area contributed by atoms with Crippen LogP contribution in [0, 0.1) is 11.3 Å². The molecule has 1 fully saturated rings. The molecule has 2 nitrogen and oxygen atoms in total. The SMILES string of the molecule is C=C1CC[C@](C)(CC(=O)OCC)[C@H]1C. The molecule has 0 aromatic heterocycles. The van der Waals surface area contributed by atoms with Gasteiger partial charge in [-0.05, 0) is 31.1 Å². The Kier molecular flexibility index (Phi) is 3.35. The third kappa shape index (κ3) is 2.17. The van der Waals surface area contributed by atoms with Gasteiger partial charge in [0.05, 0.1) is 13.0 Å². The van der Waals surface area contributed by atoms with Crippen LogP contribution in [0.1, 0.15) is 40.0 Å². The van der Waals surface area contributed by atoms with Gasteiger partial charge in [0, 0.05) is 0 Å². The first-order chi connectivity index (χ1) is 6.49. The number of carbonyl (C=O) groups excluding carboxylic acids is 1. The Morgan fingerprint density at radius 2 is 2.36 bits per heavy atom. The number of ether oxygens (including phenoxy) is 1. The van der Waals surface area contributed by atoms with E-state index in [1.165, 1.54) is 5.57 Å². The summed E-state index contributed by atoms with van der Waals surface area (Å²) in [6.07, 6.45) is 2.64. The molecule has 0 radical (unpaired) electrons. The second-order valence-electron chi connectivity index (χ2n) is 4.52. The standard InChI is InChI=1S/C12H20O2/c1-5-14-11(13)8-12(4)7-6-9(2)10(12)3/h10H,2,5-8H2,1,3-4H3/t10-,12+/m0/s1. The molecule has 0 heterocycles. The van der Waals surface area contributed by atoms with Crippen molar-refractivity contribution in [3.63, 3.8) is 0 Å². The molecule has 0 unspecified atom stereocenters. The topological polar surface area (TPSA) is 26.3 Å². The van der Waals surface area contributed by atoms with Crippen molar-refractivity contribution in [1.82, 2.24) is 0 Å². The second kappa shape index (κ2) is 4.16. The maximum atomic E-state index is 11.4. The van der Waals surface area contributed by atoms with E-state index in [1.54, 1.807) is 0 Å². The summed E-state index contributed by atoms with van der Waals surface area (Å²) in [6, 6.07) is 0. The lowest BCUT2D eigenvalue weighted by atomic mass is 9.77. The quantitative estimate of drug-likeness (QED) is 0.512. The van der Waals surface area contributed by atoms with Gasteiger partial charge in [-0.15, -0.1) is 0 Å². The number of rotatable bonds is 3. The Balaban J connectivity index is 2.58. The fourth-order valence-electron chi connectivity index (χ4n) is 2.16. The largest absolute Gasteiger partial charge is 0.466 e. The highest BCUT2D eigenvalue weighted by atomic mass is 16.5. The number of esters is 1. The van der Waals surface area contributed by atoms with Crippen molar-refractivity contribution in [3.8, 4) is 0 Å². The molecule has 1 aliphatic rings. The highest BCUT2D eigenvalue weighted by Crippen LogP contribution is 2.47. The van der Waals surface area contributed by atoms with Crippen molar-refractivity contribution in [1.29, 1.82) is 0 Å². The van der Waals surface area contributed by atoms with Gasteiger partial charge in [0.1, 0.15) is 0 Å². The molecule has 14 heavy (non-hydrogen) atoms. The first kappa shape index (κ1) is 11.3. The Hall–Kier alpha value is -0.790. The second-order valence-corrected chi connectivity index (χ2v) is 4.52. The van der Waals surface area contributed by atoms with Gasteiger partial charge in [-0.1, -0.05) is 26.0 Å². The summed E-state index contributed by atoms with van der Waals surface area (Å²) in [5, 5.41) is 0. The van der Waals surface area contributed by atoms with Crippen molar-refractivity contribution in [3.05, 3.63) is 12.2 Å². The van der Waals surface area contributed by atoms with Crippen molar-refractivity contribution in [2.45, 2.75) is 40.0 Å². The van der Waals surface area contributed by atoms with Crippen LogP contribution < -0.4 is 0 Å². The van der Waals surface area contributed by atoms with Gasteiger partial charge in [-0.2, -0.15) is 0 Å². The molecule has 0 bridgehead atoms. The van der Waals surface area contributed by atoms with Gasteiger partial charge < -0.3 is 4.74 Å². The Bertz CT molecular complexity index is 245. The summed E-state index contributed by atoms with van der Waals surface area (Å²) in [4.78, 5) is 11.4. The zero-order valence-electron chi connectivity index (χ0n) is 9.43. The average molecular weight is 196 g/mol. The lowest BCUT2D eigenvalue weighted by Gasteiger charge is -2.28. The molecule has 2 heteroatoms. The van der Waals surface area contributed by atoms with E-state index in [0.717, 1.165) is 12.8 Å². The van der Waals surface area contributed by atoms with Crippen molar-refractivity contribution in [2.75, 3.05) is 6.61 Å². The minimum atomic E-state index is -0.0726. The van der Waals surface area contributed by atoms with Gasteiger partial charge in [-0.3, -0.25) is 4.79 Å². The normalized spacial score (nSPS) is 31.9. The fraction of sp³-hybridized carbons (Fsp3) is 0.750. The van der Waals surface area contributed by atoms with E-state index < -0.39 is 0 Å². The number of hydrogen-bond acceptors (Lipinski definition) is 2. The number of allylic oxidation sites excluding steroid dienone is 1. The monoisotopic (exact) mass is 196 g/mol. The van der Waals surface area contributed by atoms with Gasteiger partial charge in [0.2, 0.25) is 0 Å². The smallest absolute Gasteiger partial charge is 0.306 e. The summed E-state index contributed by atoms with van der Waals surface area (Å²) in [7, 11) is 0. The highest BCUT2D eigenvalue weighted by molar-refractivity contribution is 5.70. The predicted molar refractivity (Wildman–Crippen MR) is 56.9 cm³/mol. The van der Waals surface area contributed by atoms with Crippen LogP contribution in [0.2, 0.25) is 0 Å². The summed E-state index contributed by atoms with van der Waals surface area (Å²) in [5.41, 5.74) is 1.35. The van der Waals surface area contributed by atoms with E-state index in [4.69, 9.17) is 4.74 Å². The zero-order chi connectivity index (χ0) is 10.8. The third-order valence-corrected chi connectivity index (χ3v) is 3.53. The van der Waals surface area contributed by atoms with E-state index in [0.29, 0.717) is 18.9 Å². The van der Waals surface area contributed by atoms with E-state index in [1.807, 2.05) is 6.92 Å². The molecular formula is C12H20O2. The summed E-state index contributed by atoms with van der Waals surface area (Å²) >= 11 is 0. The molecule has 0 saturated heterocycles. The molecule has 1 saturated carbocycles. The lowest BCUT2D eigenvalue weighted by molar-refractivity contribution is -0.146. The van der Waals surface area contributed by atoms with Crippen LogP contribution in [0.5, 0.6) is 0 Å². The Morgan fingerprint density at radius 3 is 2.79 bits per heavy atom. The van der Waals surface area contributed by atoms with Gasteiger partial charge >= 0.3 is 5.97 Å². The first-order valence-corrected chi connectivity index (χ1v) is 5.33. The summed E-state index contributed by atoms with van der Waals surface area (Å²) in [5.74, 6) is 0.364. The van der Waals surface area contributed by atoms with Crippen LogP contribution in [0.4, 0.5) is 0 Å². The number of hydrogen-bond donors (Lipinski definition) is 0. The molecule has 80 valence electrons. The van der Waals surface area contributed by atoms with Gasteiger partial charge in [-0.25, -0.2) is 0 Å². The minimum Gasteiger partial charge on any atom is -0.466 e. The summed E-state index contributed by atoms with van der Waals surface area (Å²) in [6.45, 7) is 10.7. The van der Waals surface area contributed by atoms with Crippen LogP contribution >= 0.6 is 0 Å². The predicted octanol–water partition coefficient (Wildman–Crippen LogP) is 2.93. The van der Waals surface area contributed by atoms with Gasteiger partial charge in [0.15, 0.2) is 0 Å². The molecule has 0 N–H and O–H groups in total. The molecule has 0 aromatic rings. The van der Waals surface area contributed by atoms with E-state index in [2.05, 4.69) is 20.4 Å². The van der Waals surface area contributed by atoms with Crippen molar-refractivity contribution < 1.29 is 9.53 Å². The molecule has 0 aromatic carbocycles. The summed E-state index contributed by atoms with van der Waals surface area (Å²) < 4.78 is 4.98. The molecule has 0 aliphatic heterocycles. The molecule has 2 atom stereocenters. The Morgan fingerprint density at radius 1 is 1.71 bits per heavy atom. The van der Waals surface area contributed by atoms with Crippen LogP contribution in [-0.4, -0.2) is 12.6 Å². The molecule has 0 amide bonds. The molecule has 1 aliphatic carbocycles. The van der Waals surface area contributed by atoms with E-state index >= 15 is 0 Å². The molecule has 1 rings (SSSR count). The van der Waals surface area contributed by atoms with Crippen LogP contribution in [0.3, 0.4) is 0 Å². The first-order valence-electron chi connectivity index (χ1n) is 5.33. The van der Waals surface area contributed by atoms with Crippen LogP contribution in [0.25, 0.3) is 0 Å². The average Bonchev–Trinajstić information content (AvgIpc) is 2.34. The maximum absolute atomic E-state index is 11.4.